The van der Waals surface area contributed by atoms with Crippen LogP contribution in [0, 0.1) is 0 Å². The second-order valence-electron chi connectivity index (χ2n) is 2.74. The largest absolute Gasteiger partial charge is 0.383 e. The molecule has 2 amide bonds. The van der Waals surface area contributed by atoms with Gasteiger partial charge in [0, 0.05) is 0 Å². The van der Waals surface area contributed by atoms with Gasteiger partial charge < -0.3 is 11.5 Å². The molecule has 0 bridgehead atoms. The van der Waals surface area contributed by atoms with Crippen molar-refractivity contribution in [1.82, 2.24) is 15.3 Å². The first kappa shape index (κ1) is 8.57. The summed E-state index contributed by atoms with van der Waals surface area (Å²) in [5, 5.41) is 2.07. The van der Waals surface area contributed by atoms with Gasteiger partial charge in [0.1, 0.15) is 22.9 Å². The van der Waals surface area contributed by atoms with E-state index in [9.17, 15) is 9.59 Å². The standard InChI is InChI=1S/C7H7N5O2/c8-1-2-10-4-3(5(9)11-2)6(13)12-7(4)14/h1,8H2,(H2,9,10,11)(H,12,13,14). The lowest BCUT2D eigenvalue weighted by molar-refractivity contribution is 0.0878. The Morgan fingerprint density at radius 3 is 2.57 bits per heavy atom. The van der Waals surface area contributed by atoms with Crippen LogP contribution in [0.3, 0.4) is 0 Å². The maximum absolute atomic E-state index is 11.2. The first-order chi connectivity index (χ1) is 6.63. The molecule has 5 N–H and O–H groups in total. The zero-order valence-electron chi connectivity index (χ0n) is 7.07. The van der Waals surface area contributed by atoms with Crippen LogP contribution in [0.2, 0.25) is 0 Å². The summed E-state index contributed by atoms with van der Waals surface area (Å²) in [6, 6.07) is 0. The van der Waals surface area contributed by atoms with E-state index >= 15 is 0 Å². The van der Waals surface area contributed by atoms with Crippen molar-refractivity contribution in [2.75, 3.05) is 5.73 Å². The van der Waals surface area contributed by atoms with Gasteiger partial charge in [0.2, 0.25) is 0 Å². The highest BCUT2D eigenvalue weighted by Crippen LogP contribution is 2.18. The van der Waals surface area contributed by atoms with Crippen molar-refractivity contribution in [1.29, 1.82) is 0 Å². The minimum atomic E-state index is -0.564. The van der Waals surface area contributed by atoms with E-state index in [0.29, 0.717) is 0 Å². The van der Waals surface area contributed by atoms with Crippen LogP contribution < -0.4 is 16.8 Å². The zero-order chi connectivity index (χ0) is 10.3. The van der Waals surface area contributed by atoms with Crippen LogP contribution in [0.15, 0.2) is 0 Å². The number of hydrogen-bond acceptors (Lipinski definition) is 6. The smallest absolute Gasteiger partial charge is 0.277 e. The van der Waals surface area contributed by atoms with Crippen LogP contribution in [-0.4, -0.2) is 21.8 Å². The molecular weight excluding hydrogens is 186 g/mol. The van der Waals surface area contributed by atoms with Crippen molar-refractivity contribution in [3.05, 3.63) is 17.1 Å². The molecule has 1 aromatic heterocycles. The number of hydrogen-bond donors (Lipinski definition) is 3. The Balaban J connectivity index is 2.68. The summed E-state index contributed by atoms with van der Waals surface area (Å²) in [6.45, 7) is 0.0684. The number of carbonyl (C=O) groups is 2. The summed E-state index contributed by atoms with van der Waals surface area (Å²) >= 11 is 0. The fourth-order valence-corrected chi connectivity index (χ4v) is 1.23. The number of nitrogens with two attached hydrogens (primary N) is 2. The normalized spacial score (nSPS) is 14.1. The number of nitrogens with zero attached hydrogens (tertiary/aromatic N) is 2. The van der Waals surface area contributed by atoms with Gasteiger partial charge in [0.15, 0.2) is 0 Å². The van der Waals surface area contributed by atoms with Gasteiger partial charge in [0.05, 0.1) is 6.54 Å². The summed E-state index contributed by atoms with van der Waals surface area (Å²) in [7, 11) is 0. The van der Waals surface area contributed by atoms with E-state index in [0.717, 1.165) is 0 Å². The fraction of sp³-hybridized carbons (Fsp3) is 0.143. The number of anilines is 1. The van der Waals surface area contributed by atoms with E-state index in [-0.39, 0.29) is 29.4 Å². The molecule has 2 heterocycles. The topological polar surface area (TPSA) is 124 Å². The third-order valence-corrected chi connectivity index (χ3v) is 1.84. The minimum Gasteiger partial charge on any atom is -0.383 e. The SMILES string of the molecule is NCc1nc(N)c2c(n1)C(=O)NC2=O. The van der Waals surface area contributed by atoms with Crippen LogP contribution in [-0.2, 0) is 6.54 Å². The molecule has 1 aliphatic heterocycles. The molecule has 7 heteroatoms. The highest BCUT2D eigenvalue weighted by molar-refractivity contribution is 6.22. The van der Waals surface area contributed by atoms with Crippen LogP contribution in [0.5, 0.6) is 0 Å². The van der Waals surface area contributed by atoms with E-state index in [2.05, 4.69) is 15.3 Å². The molecule has 0 aromatic carbocycles. The van der Waals surface area contributed by atoms with Gasteiger partial charge in [-0.2, -0.15) is 0 Å². The molecule has 0 saturated carbocycles. The summed E-state index contributed by atoms with van der Waals surface area (Å²) in [4.78, 5) is 29.9. The van der Waals surface area contributed by atoms with Crippen molar-refractivity contribution in [3.8, 4) is 0 Å². The minimum absolute atomic E-state index is 0.00273. The van der Waals surface area contributed by atoms with Crippen molar-refractivity contribution < 1.29 is 9.59 Å². The van der Waals surface area contributed by atoms with Crippen LogP contribution in [0.1, 0.15) is 26.7 Å². The van der Waals surface area contributed by atoms with E-state index in [4.69, 9.17) is 11.5 Å². The van der Waals surface area contributed by atoms with Crippen LogP contribution in [0.25, 0.3) is 0 Å². The number of nitrogens with one attached hydrogen (secondary N) is 1. The van der Waals surface area contributed by atoms with Crippen molar-refractivity contribution in [2.24, 2.45) is 5.73 Å². The van der Waals surface area contributed by atoms with E-state index in [1.807, 2.05) is 0 Å². The molecular formula is C7H7N5O2. The number of imide groups is 1. The summed E-state index contributed by atoms with van der Waals surface area (Å²) in [6.07, 6.45) is 0. The number of aromatic nitrogens is 2. The highest BCUT2D eigenvalue weighted by Gasteiger charge is 2.31. The molecule has 1 aromatic rings. The van der Waals surface area contributed by atoms with Crippen LogP contribution >= 0.6 is 0 Å². The first-order valence-corrected chi connectivity index (χ1v) is 3.85. The molecule has 0 radical (unpaired) electrons. The number of nitrogen functional groups attached to an aromatic ring is 1. The zero-order valence-corrected chi connectivity index (χ0v) is 7.07. The first-order valence-electron chi connectivity index (χ1n) is 3.85. The Bertz CT molecular complexity index is 442. The van der Waals surface area contributed by atoms with E-state index in [1.165, 1.54) is 0 Å². The van der Waals surface area contributed by atoms with Gasteiger partial charge in [-0.25, -0.2) is 9.97 Å². The summed E-state index contributed by atoms with van der Waals surface area (Å²) in [5.41, 5.74) is 10.8. The Hall–Kier alpha value is -2.02. The number of fused-ring (bicyclic) bond motifs is 1. The molecule has 0 atom stereocenters. The fourth-order valence-electron chi connectivity index (χ4n) is 1.23. The lowest BCUT2D eigenvalue weighted by atomic mass is 10.2. The van der Waals surface area contributed by atoms with Crippen molar-refractivity contribution in [3.63, 3.8) is 0 Å². The molecule has 0 unspecified atom stereocenters. The predicted octanol–water partition coefficient (Wildman–Crippen LogP) is -1.60. The number of amides is 2. The van der Waals surface area contributed by atoms with E-state index in [1.54, 1.807) is 0 Å². The molecule has 1 aliphatic rings. The highest BCUT2D eigenvalue weighted by atomic mass is 16.2. The third kappa shape index (κ3) is 1.03. The van der Waals surface area contributed by atoms with E-state index < -0.39 is 11.8 Å². The molecule has 7 nitrogen and oxygen atoms in total. The monoisotopic (exact) mass is 193 g/mol. The average molecular weight is 193 g/mol. The lowest BCUT2D eigenvalue weighted by Crippen LogP contribution is -2.20. The lowest BCUT2D eigenvalue weighted by Gasteiger charge is -2.00. The molecule has 0 fully saturated rings. The van der Waals surface area contributed by atoms with Gasteiger partial charge in [-0.1, -0.05) is 0 Å². The second-order valence-corrected chi connectivity index (χ2v) is 2.74. The van der Waals surface area contributed by atoms with Crippen LogP contribution in [0.4, 0.5) is 5.82 Å². The molecule has 0 saturated heterocycles. The van der Waals surface area contributed by atoms with Gasteiger partial charge in [0.25, 0.3) is 11.8 Å². The predicted molar refractivity (Wildman–Crippen MR) is 46.1 cm³/mol. The summed E-state index contributed by atoms with van der Waals surface area (Å²) < 4.78 is 0. The quantitative estimate of drug-likeness (QED) is 0.461. The van der Waals surface area contributed by atoms with Crippen molar-refractivity contribution >= 4 is 17.6 Å². The average Bonchev–Trinajstić information content (AvgIpc) is 2.42. The van der Waals surface area contributed by atoms with Gasteiger partial charge >= 0.3 is 0 Å². The van der Waals surface area contributed by atoms with Gasteiger partial charge in [-0.15, -0.1) is 0 Å². The van der Waals surface area contributed by atoms with Crippen molar-refractivity contribution in [2.45, 2.75) is 6.54 Å². The number of carbonyl (C=O) groups excluding carboxylic acids is 2. The maximum Gasteiger partial charge on any atom is 0.277 e. The Kier molecular flexibility index (Phi) is 1.68. The molecule has 2 rings (SSSR count). The Morgan fingerprint density at radius 1 is 1.21 bits per heavy atom. The molecule has 72 valence electrons. The van der Waals surface area contributed by atoms with Gasteiger partial charge in [-0.05, 0) is 0 Å². The molecule has 14 heavy (non-hydrogen) atoms. The Labute approximate surface area is 78.5 Å². The maximum atomic E-state index is 11.2. The second kappa shape index (κ2) is 2.74. The summed E-state index contributed by atoms with van der Waals surface area (Å²) in [5.74, 6) is -0.898. The molecule has 0 spiro atoms. The molecule has 0 aliphatic carbocycles. The van der Waals surface area contributed by atoms with Gasteiger partial charge in [-0.3, -0.25) is 14.9 Å². The Morgan fingerprint density at radius 2 is 1.93 bits per heavy atom. The third-order valence-electron chi connectivity index (χ3n) is 1.84. The number of rotatable bonds is 1.